The largest absolute Gasteiger partial charge is 0.372 e. The third-order valence-electron chi connectivity index (χ3n) is 2.85. The van der Waals surface area contributed by atoms with E-state index in [0.29, 0.717) is 12.4 Å². The van der Waals surface area contributed by atoms with Crippen molar-refractivity contribution in [2.45, 2.75) is 18.7 Å². The minimum atomic E-state index is -3.62. The monoisotopic (exact) mass is 334 g/mol. The fraction of sp³-hybridized carbons (Fsp3) is 0.615. The first-order valence-electron chi connectivity index (χ1n) is 6.55. The molecular weight excluding hydrogens is 312 g/mol. The molecule has 0 fully saturated rings. The Morgan fingerprint density at radius 3 is 2.48 bits per heavy atom. The summed E-state index contributed by atoms with van der Waals surface area (Å²) >= 11 is 5.97. The second kappa shape index (κ2) is 6.91. The van der Waals surface area contributed by atoms with Gasteiger partial charge in [-0.1, -0.05) is 25.4 Å². The van der Waals surface area contributed by atoms with E-state index in [1.807, 2.05) is 32.8 Å². The summed E-state index contributed by atoms with van der Waals surface area (Å²) in [6.45, 7) is 5.11. The van der Waals surface area contributed by atoms with Crippen molar-refractivity contribution in [1.82, 2.24) is 14.6 Å². The van der Waals surface area contributed by atoms with Crippen LogP contribution in [0.5, 0.6) is 0 Å². The zero-order valence-corrected chi connectivity index (χ0v) is 14.6. The van der Waals surface area contributed by atoms with Crippen molar-refractivity contribution in [1.29, 1.82) is 0 Å². The Labute approximate surface area is 131 Å². The number of nitrogens with zero attached hydrogens (tertiary/aromatic N) is 2. The van der Waals surface area contributed by atoms with Crippen LogP contribution in [0, 0.1) is 5.41 Å². The van der Waals surface area contributed by atoms with Crippen LogP contribution in [0.25, 0.3) is 0 Å². The minimum absolute atomic E-state index is 0.0622. The zero-order chi connectivity index (χ0) is 16.3. The van der Waals surface area contributed by atoms with E-state index in [2.05, 4.69) is 15.0 Å². The smallest absolute Gasteiger partial charge is 0.242 e. The van der Waals surface area contributed by atoms with E-state index in [9.17, 15) is 8.42 Å². The van der Waals surface area contributed by atoms with E-state index in [1.54, 1.807) is 7.05 Å². The summed E-state index contributed by atoms with van der Waals surface area (Å²) in [7, 11) is 1.96. The lowest BCUT2D eigenvalue weighted by atomic mass is 9.93. The summed E-state index contributed by atoms with van der Waals surface area (Å²) in [5, 5.41) is 3.06. The number of sulfonamides is 1. The van der Waals surface area contributed by atoms with Gasteiger partial charge in [0.1, 0.15) is 10.7 Å². The molecule has 0 radical (unpaired) electrons. The predicted octanol–water partition coefficient (Wildman–Crippen LogP) is 1.64. The van der Waals surface area contributed by atoms with Gasteiger partial charge in [-0.2, -0.15) is 0 Å². The van der Waals surface area contributed by atoms with Gasteiger partial charge in [0, 0.05) is 26.3 Å². The van der Waals surface area contributed by atoms with Crippen LogP contribution in [-0.2, 0) is 10.0 Å². The molecule has 6 nitrogen and oxygen atoms in total. The minimum Gasteiger partial charge on any atom is -0.372 e. The molecule has 21 heavy (non-hydrogen) atoms. The lowest BCUT2D eigenvalue weighted by Crippen LogP contribution is -2.39. The Hall–Kier alpha value is -0.890. The van der Waals surface area contributed by atoms with E-state index in [0.717, 1.165) is 6.54 Å². The molecule has 120 valence electrons. The number of rotatable bonds is 7. The molecule has 0 saturated carbocycles. The highest BCUT2D eigenvalue weighted by molar-refractivity contribution is 7.89. The van der Waals surface area contributed by atoms with Gasteiger partial charge in [0.05, 0.1) is 5.02 Å². The van der Waals surface area contributed by atoms with Crippen molar-refractivity contribution in [3.05, 3.63) is 17.3 Å². The molecule has 0 aromatic carbocycles. The maximum absolute atomic E-state index is 12.3. The second-order valence-corrected chi connectivity index (χ2v) is 8.15. The van der Waals surface area contributed by atoms with Gasteiger partial charge in [-0.05, 0) is 25.6 Å². The van der Waals surface area contributed by atoms with Crippen molar-refractivity contribution in [2.75, 3.05) is 39.5 Å². The van der Waals surface area contributed by atoms with Gasteiger partial charge in [-0.3, -0.25) is 0 Å². The molecule has 1 heterocycles. The standard InChI is InChI=1S/C13H23ClN4O2S/c1-13(2,9-18(4)5)8-17-21(19,20)10-6-11(14)12(15-3)16-7-10/h6-7,17H,8-9H2,1-5H3,(H,15,16). The van der Waals surface area contributed by atoms with Crippen molar-refractivity contribution in [3.8, 4) is 0 Å². The highest BCUT2D eigenvalue weighted by Crippen LogP contribution is 2.22. The fourth-order valence-electron chi connectivity index (χ4n) is 2.04. The summed E-state index contributed by atoms with van der Waals surface area (Å²) in [4.78, 5) is 6.07. The number of nitrogens with one attached hydrogen (secondary N) is 2. The highest BCUT2D eigenvalue weighted by atomic mass is 35.5. The lowest BCUT2D eigenvalue weighted by molar-refractivity contribution is 0.242. The van der Waals surface area contributed by atoms with Crippen LogP contribution in [0.2, 0.25) is 5.02 Å². The Morgan fingerprint density at radius 2 is 2.00 bits per heavy atom. The molecular formula is C13H23ClN4O2S. The van der Waals surface area contributed by atoms with E-state index < -0.39 is 10.0 Å². The van der Waals surface area contributed by atoms with Crippen molar-refractivity contribution in [3.63, 3.8) is 0 Å². The first-order valence-corrected chi connectivity index (χ1v) is 8.41. The number of hydrogen-bond acceptors (Lipinski definition) is 5. The SMILES string of the molecule is CNc1ncc(S(=O)(=O)NCC(C)(C)CN(C)C)cc1Cl. The molecule has 1 aromatic rings. The van der Waals surface area contributed by atoms with Gasteiger partial charge in [-0.15, -0.1) is 0 Å². The topological polar surface area (TPSA) is 74.3 Å². The Bertz CT molecular complexity index is 588. The van der Waals surface area contributed by atoms with Crippen LogP contribution in [0.3, 0.4) is 0 Å². The quantitative estimate of drug-likeness (QED) is 0.793. The summed E-state index contributed by atoms with van der Waals surface area (Å²) in [5.74, 6) is 0.448. The lowest BCUT2D eigenvalue weighted by Gasteiger charge is -2.28. The maximum Gasteiger partial charge on any atom is 0.242 e. The second-order valence-electron chi connectivity index (χ2n) is 5.98. The maximum atomic E-state index is 12.3. The van der Waals surface area contributed by atoms with Crippen LogP contribution in [0.1, 0.15) is 13.8 Å². The van der Waals surface area contributed by atoms with Crippen LogP contribution < -0.4 is 10.0 Å². The number of pyridine rings is 1. The Kier molecular flexibility index (Phi) is 5.98. The molecule has 0 aliphatic rings. The molecule has 0 bridgehead atoms. The molecule has 0 aliphatic carbocycles. The van der Waals surface area contributed by atoms with Crippen LogP contribution in [-0.4, -0.2) is 52.5 Å². The van der Waals surface area contributed by atoms with Gasteiger partial charge in [-0.25, -0.2) is 18.1 Å². The first kappa shape index (κ1) is 18.2. The van der Waals surface area contributed by atoms with Gasteiger partial charge in [0.2, 0.25) is 10.0 Å². The fourth-order valence-corrected chi connectivity index (χ4v) is 3.57. The van der Waals surface area contributed by atoms with Crippen LogP contribution in [0.15, 0.2) is 17.2 Å². The molecule has 0 amide bonds. The van der Waals surface area contributed by atoms with Gasteiger partial charge in [0.15, 0.2) is 0 Å². The van der Waals surface area contributed by atoms with Gasteiger partial charge >= 0.3 is 0 Å². The summed E-state index contributed by atoms with van der Waals surface area (Å²) in [6.07, 6.45) is 1.29. The zero-order valence-electron chi connectivity index (χ0n) is 13.1. The van der Waals surface area contributed by atoms with Crippen LogP contribution in [0.4, 0.5) is 5.82 Å². The predicted molar refractivity (Wildman–Crippen MR) is 86.3 cm³/mol. The molecule has 0 atom stereocenters. The molecule has 0 saturated heterocycles. The third kappa shape index (κ3) is 5.43. The number of hydrogen-bond donors (Lipinski definition) is 2. The van der Waals surface area contributed by atoms with Crippen LogP contribution >= 0.6 is 11.6 Å². The molecule has 2 N–H and O–H groups in total. The van der Waals surface area contributed by atoms with E-state index >= 15 is 0 Å². The number of aromatic nitrogens is 1. The Balaban J connectivity index is 2.85. The van der Waals surface area contributed by atoms with Crippen molar-refractivity contribution >= 4 is 27.4 Å². The summed E-state index contributed by atoms with van der Waals surface area (Å²) < 4.78 is 27.2. The Morgan fingerprint density at radius 1 is 1.38 bits per heavy atom. The van der Waals surface area contributed by atoms with Crippen molar-refractivity contribution in [2.24, 2.45) is 5.41 Å². The molecule has 1 aromatic heterocycles. The third-order valence-corrected chi connectivity index (χ3v) is 4.50. The average molecular weight is 335 g/mol. The van der Waals surface area contributed by atoms with Gasteiger partial charge < -0.3 is 10.2 Å². The first-order chi connectivity index (χ1) is 9.57. The van der Waals surface area contributed by atoms with Crippen molar-refractivity contribution < 1.29 is 8.42 Å². The normalized spacial score (nSPS) is 12.7. The average Bonchev–Trinajstić information content (AvgIpc) is 2.35. The van der Waals surface area contributed by atoms with E-state index in [4.69, 9.17) is 11.6 Å². The molecule has 8 heteroatoms. The molecule has 0 unspecified atom stereocenters. The number of halogens is 1. The molecule has 0 spiro atoms. The summed E-state index contributed by atoms with van der Waals surface area (Å²) in [6, 6.07) is 1.39. The van der Waals surface area contributed by atoms with E-state index in [1.165, 1.54) is 12.3 Å². The van der Waals surface area contributed by atoms with E-state index in [-0.39, 0.29) is 15.3 Å². The molecule has 1 rings (SSSR count). The number of anilines is 1. The molecule has 0 aliphatic heterocycles. The van der Waals surface area contributed by atoms with Gasteiger partial charge in [0.25, 0.3) is 0 Å². The highest BCUT2D eigenvalue weighted by Gasteiger charge is 2.23. The summed E-state index contributed by atoms with van der Waals surface area (Å²) in [5.41, 5.74) is -0.182.